The van der Waals surface area contributed by atoms with E-state index in [1.807, 2.05) is 60.7 Å². The summed E-state index contributed by atoms with van der Waals surface area (Å²) < 4.78 is 0. The van der Waals surface area contributed by atoms with Crippen LogP contribution in [0.1, 0.15) is 86.5 Å². The zero-order chi connectivity index (χ0) is 26.7. The Bertz CT molecular complexity index is 931. The Labute approximate surface area is 259 Å². The van der Waals surface area contributed by atoms with Crippen molar-refractivity contribution in [2.24, 2.45) is 11.8 Å². The third-order valence-electron chi connectivity index (χ3n) is 7.65. The van der Waals surface area contributed by atoms with Gasteiger partial charge in [0.1, 0.15) is 0 Å². The molecule has 2 saturated carbocycles. The summed E-state index contributed by atoms with van der Waals surface area (Å²) >= 11 is 0. The zero-order valence-corrected chi connectivity index (χ0v) is 26.4. The molecule has 0 heterocycles. The van der Waals surface area contributed by atoms with Crippen LogP contribution < -0.4 is 0 Å². The minimum atomic E-state index is 0. The molecule has 0 N–H and O–H groups in total. The molecule has 0 saturated heterocycles. The van der Waals surface area contributed by atoms with E-state index in [2.05, 4.69) is 62.4 Å². The standard InChI is InChI=1S/2C12H17.2C7H7.Zr/c2*1-2-6-11(7-3-1)10-12-8-4-5-9-12;2*1-7-5-3-2-4-6-7;/h2*4-5,8-9,11H,1-3,6-7,10H2;2*2-6H,1H2;/q4*-1;+4. The molecule has 204 valence electrons. The van der Waals surface area contributed by atoms with E-state index in [1.54, 1.807) is 11.1 Å². The minimum Gasteiger partial charge on any atom is -0.213 e. The van der Waals surface area contributed by atoms with E-state index in [0.717, 1.165) is 23.0 Å². The Balaban J connectivity index is 0.000000187. The van der Waals surface area contributed by atoms with Gasteiger partial charge in [-0.3, -0.25) is 0 Å². The summed E-state index contributed by atoms with van der Waals surface area (Å²) in [5, 5.41) is 0. The fraction of sp³-hybridized carbons (Fsp3) is 0.368. The maximum atomic E-state index is 3.72. The van der Waals surface area contributed by atoms with Crippen LogP contribution in [-0.2, 0) is 39.0 Å². The van der Waals surface area contributed by atoms with Gasteiger partial charge in [-0.1, -0.05) is 89.2 Å². The largest absolute Gasteiger partial charge is 4.00 e. The Morgan fingerprint density at radius 2 is 0.769 bits per heavy atom. The fourth-order valence-corrected chi connectivity index (χ4v) is 5.51. The molecule has 0 unspecified atom stereocenters. The second-order valence-corrected chi connectivity index (χ2v) is 11.0. The van der Waals surface area contributed by atoms with Gasteiger partial charge in [0, 0.05) is 0 Å². The molecule has 0 aromatic heterocycles. The predicted molar refractivity (Wildman–Crippen MR) is 166 cm³/mol. The monoisotopic (exact) mass is 594 g/mol. The molecule has 0 atom stereocenters. The average molecular weight is 596 g/mol. The summed E-state index contributed by atoms with van der Waals surface area (Å²) in [6, 6.07) is 37.4. The SMILES string of the molecule is [CH2-]c1ccccc1.[CH2-]c1ccccc1.[Zr+4].c1cc[c-](CC2CCCCC2)c1.c1cc[c-](CC2CCCCC2)c1. The van der Waals surface area contributed by atoms with Crippen molar-refractivity contribution in [2.45, 2.75) is 77.0 Å². The zero-order valence-electron chi connectivity index (χ0n) is 23.9. The van der Waals surface area contributed by atoms with Crippen LogP contribution in [0.5, 0.6) is 0 Å². The second-order valence-electron chi connectivity index (χ2n) is 11.0. The molecule has 0 amide bonds. The van der Waals surface area contributed by atoms with Crippen molar-refractivity contribution in [1.82, 2.24) is 0 Å². The van der Waals surface area contributed by atoms with Crippen LogP contribution in [-0.4, -0.2) is 0 Å². The maximum absolute atomic E-state index is 3.72. The van der Waals surface area contributed by atoms with Crippen LogP contribution in [0.4, 0.5) is 0 Å². The van der Waals surface area contributed by atoms with Crippen LogP contribution in [0.25, 0.3) is 0 Å². The van der Waals surface area contributed by atoms with E-state index < -0.39 is 0 Å². The number of hydrogen-bond acceptors (Lipinski definition) is 0. The van der Waals surface area contributed by atoms with Crippen molar-refractivity contribution in [2.75, 3.05) is 0 Å². The second kappa shape index (κ2) is 20.6. The first-order valence-electron chi connectivity index (χ1n) is 14.8. The van der Waals surface area contributed by atoms with E-state index in [0.29, 0.717) is 0 Å². The summed E-state index contributed by atoms with van der Waals surface area (Å²) in [4.78, 5) is 0. The van der Waals surface area contributed by atoms with E-state index >= 15 is 0 Å². The van der Waals surface area contributed by atoms with E-state index in [1.165, 1.54) is 77.0 Å². The van der Waals surface area contributed by atoms with Gasteiger partial charge >= 0.3 is 26.2 Å². The van der Waals surface area contributed by atoms with Gasteiger partial charge < -0.3 is 0 Å². The summed E-state index contributed by atoms with van der Waals surface area (Å²) in [6.07, 6.45) is 17.3. The molecule has 0 aliphatic heterocycles. The summed E-state index contributed by atoms with van der Waals surface area (Å²) in [5.41, 5.74) is 5.23. The van der Waals surface area contributed by atoms with Crippen molar-refractivity contribution >= 4 is 0 Å². The molecular formula is C38H48Zr. The quantitative estimate of drug-likeness (QED) is 0.206. The predicted octanol–water partition coefficient (Wildman–Crippen LogP) is 10.8. The number of hydrogen-bond donors (Lipinski definition) is 0. The maximum Gasteiger partial charge on any atom is 4.00 e. The van der Waals surface area contributed by atoms with E-state index in [9.17, 15) is 0 Å². The molecule has 0 spiro atoms. The molecule has 0 bridgehead atoms. The van der Waals surface area contributed by atoms with Gasteiger partial charge in [-0.2, -0.15) is 84.6 Å². The first-order chi connectivity index (χ1) is 18.7. The molecule has 39 heavy (non-hydrogen) atoms. The van der Waals surface area contributed by atoms with Gasteiger partial charge in [-0.15, -0.1) is 24.3 Å². The van der Waals surface area contributed by atoms with Crippen LogP contribution in [0.15, 0.2) is 109 Å². The molecule has 0 nitrogen and oxygen atoms in total. The molecule has 2 fully saturated rings. The molecule has 2 aliphatic rings. The van der Waals surface area contributed by atoms with E-state index in [4.69, 9.17) is 0 Å². The molecule has 0 radical (unpaired) electrons. The van der Waals surface area contributed by atoms with Gasteiger partial charge in [0.25, 0.3) is 0 Å². The Hall–Kier alpha value is -2.24. The fourth-order valence-electron chi connectivity index (χ4n) is 5.51. The van der Waals surface area contributed by atoms with Crippen LogP contribution in [0, 0.1) is 25.7 Å². The van der Waals surface area contributed by atoms with Crippen LogP contribution in [0.3, 0.4) is 0 Å². The van der Waals surface area contributed by atoms with Gasteiger partial charge in [0.2, 0.25) is 0 Å². The van der Waals surface area contributed by atoms with Crippen molar-refractivity contribution in [3.63, 3.8) is 0 Å². The van der Waals surface area contributed by atoms with Crippen molar-refractivity contribution in [1.29, 1.82) is 0 Å². The third kappa shape index (κ3) is 15.2. The molecule has 2 aliphatic carbocycles. The molecule has 4 aromatic carbocycles. The molecular weight excluding hydrogens is 548 g/mol. The van der Waals surface area contributed by atoms with Crippen molar-refractivity contribution in [3.05, 3.63) is 145 Å². The van der Waals surface area contributed by atoms with Crippen LogP contribution >= 0.6 is 0 Å². The van der Waals surface area contributed by atoms with Gasteiger partial charge in [0.15, 0.2) is 0 Å². The van der Waals surface area contributed by atoms with Gasteiger partial charge in [-0.25, -0.2) is 24.3 Å². The van der Waals surface area contributed by atoms with Crippen LogP contribution in [0.2, 0.25) is 0 Å². The number of benzene rings is 2. The topological polar surface area (TPSA) is 0 Å². The van der Waals surface area contributed by atoms with Gasteiger partial charge in [-0.05, 0) is 11.8 Å². The first-order valence-corrected chi connectivity index (χ1v) is 14.8. The normalized spacial score (nSPS) is 15.2. The van der Waals surface area contributed by atoms with Crippen molar-refractivity contribution in [3.8, 4) is 0 Å². The third-order valence-corrected chi connectivity index (χ3v) is 7.65. The minimum absolute atomic E-state index is 0. The molecule has 4 aromatic rings. The molecule has 1 heteroatoms. The number of rotatable bonds is 4. The first kappa shape index (κ1) is 33.0. The van der Waals surface area contributed by atoms with Crippen molar-refractivity contribution < 1.29 is 26.2 Å². The summed E-state index contributed by atoms with van der Waals surface area (Å²) in [7, 11) is 0. The van der Waals surface area contributed by atoms with E-state index in [-0.39, 0.29) is 26.2 Å². The van der Waals surface area contributed by atoms with Gasteiger partial charge in [0.05, 0.1) is 0 Å². The smallest absolute Gasteiger partial charge is 0.213 e. The Morgan fingerprint density at radius 3 is 1.03 bits per heavy atom. The molecule has 6 rings (SSSR count). The Morgan fingerprint density at radius 1 is 0.462 bits per heavy atom. The summed E-state index contributed by atoms with van der Waals surface area (Å²) in [6.45, 7) is 7.44. The Kier molecular flexibility index (Phi) is 17.4. The average Bonchev–Trinajstić information content (AvgIpc) is 3.67. The summed E-state index contributed by atoms with van der Waals surface area (Å²) in [5.74, 6) is 1.97.